The Morgan fingerprint density at radius 3 is 3.04 bits per heavy atom. The van der Waals surface area contributed by atoms with E-state index in [4.69, 9.17) is 16.0 Å². The molecule has 25 heavy (non-hydrogen) atoms. The Bertz CT molecular complexity index is 1080. The summed E-state index contributed by atoms with van der Waals surface area (Å²) in [5.41, 5.74) is 2.66. The van der Waals surface area contributed by atoms with E-state index in [1.54, 1.807) is 35.9 Å². The van der Waals surface area contributed by atoms with Crippen molar-refractivity contribution < 1.29 is 4.42 Å². The smallest absolute Gasteiger partial charge is 0.236 e. The lowest BCUT2D eigenvalue weighted by Crippen LogP contribution is -2.03. The second-order valence-corrected chi connectivity index (χ2v) is 6.68. The third-order valence-corrected chi connectivity index (χ3v) is 4.77. The Balaban J connectivity index is 1.65. The van der Waals surface area contributed by atoms with Crippen LogP contribution in [0.2, 0.25) is 5.02 Å². The van der Waals surface area contributed by atoms with Crippen LogP contribution in [0.15, 0.2) is 52.6 Å². The molecule has 122 valence electrons. The Labute approximate surface area is 152 Å². The van der Waals surface area contributed by atoms with E-state index in [1.807, 2.05) is 23.6 Å². The van der Waals surface area contributed by atoms with E-state index in [1.165, 1.54) is 0 Å². The number of aromatic nitrogens is 2. The number of nitriles is 1. The molecule has 0 aliphatic rings. The third-order valence-electron chi connectivity index (χ3n) is 3.68. The largest absolute Gasteiger partial charge is 0.443 e. The van der Waals surface area contributed by atoms with Crippen molar-refractivity contribution in [1.82, 2.24) is 9.97 Å². The molecule has 3 heterocycles. The van der Waals surface area contributed by atoms with Crippen molar-refractivity contribution in [2.45, 2.75) is 6.54 Å². The van der Waals surface area contributed by atoms with E-state index in [2.05, 4.69) is 21.4 Å². The number of thiophene rings is 1. The zero-order valence-corrected chi connectivity index (χ0v) is 14.4. The number of hydrogen-bond donors (Lipinski definition) is 1. The molecule has 1 aromatic carbocycles. The zero-order valence-electron chi connectivity index (χ0n) is 12.9. The first-order valence-electron chi connectivity index (χ1n) is 7.45. The van der Waals surface area contributed by atoms with Gasteiger partial charge in [-0.3, -0.25) is 4.98 Å². The van der Waals surface area contributed by atoms with Crippen molar-refractivity contribution in [3.8, 4) is 16.8 Å². The molecule has 1 N–H and O–H groups in total. The van der Waals surface area contributed by atoms with Crippen LogP contribution in [0, 0.1) is 11.3 Å². The minimum Gasteiger partial charge on any atom is -0.443 e. The molecule has 0 aliphatic carbocycles. The number of oxazole rings is 1. The Hall–Kier alpha value is -2.88. The minimum atomic E-state index is 0.426. The molecule has 0 bridgehead atoms. The second kappa shape index (κ2) is 6.55. The van der Waals surface area contributed by atoms with Gasteiger partial charge in [-0.25, -0.2) is 4.98 Å². The number of hydrogen-bond acceptors (Lipinski definition) is 6. The van der Waals surface area contributed by atoms with Crippen molar-refractivity contribution in [1.29, 1.82) is 5.26 Å². The van der Waals surface area contributed by atoms with Crippen LogP contribution in [-0.4, -0.2) is 9.97 Å². The maximum Gasteiger partial charge on any atom is 0.236 e. The summed E-state index contributed by atoms with van der Waals surface area (Å²) in [6.07, 6.45) is 3.17. The van der Waals surface area contributed by atoms with Gasteiger partial charge in [-0.15, -0.1) is 11.3 Å². The van der Waals surface area contributed by atoms with Gasteiger partial charge in [-0.05, 0) is 29.6 Å². The molecule has 0 fully saturated rings. The molecule has 3 aromatic heterocycles. The summed E-state index contributed by atoms with van der Waals surface area (Å²) < 4.78 is 5.52. The Morgan fingerprint density at radius 2 is 2.24 bits per heavy atom. The maximum atomic E-state index is 9.38. The number of nitrogens with one attached hydrogen (secondary N) is 1. The molecule has 0 aliphatic heterocycles. The van der Waals surface area contributed by atoms with Crippen molar-refractivity contribution >= 4 is 39.5 Å². The normalized spacial score (nSPS) is 10.7. The fourth-order valence-electron chi connectivity index (χ4n) is 2.52. The van der Waals surface area contributed by atoms with Gasteiger partial charge in [0, 0.05) is 16.6 Å². The van der Waals surface area contributed by atoms with Crippen molar-refractivity contribution in [2.75, 3.05) is 5.32 Å². The summed E-state index contributed by atoms with van der Waals surface area (Å²) in [5.74, 6) is 0.593. The van der Waals surface area contributed by atoms with Crippen LogP contribution in [0.5, 0.6) is 0 Å². The first-order valence-corrected chi connectivity index (χ1v) is 8.71. The van der Waals surface area contributed by atoms with Crippen LogP contribution < -0.4 is 5.32 Å². The average Bonchev–Trinajstić information content (AvgIpc) is 3.30. The van der Waals surface area contributed by atoms with Gasteiger partial charge in [-0.1, -0.05) is 17.7 Å². The molecule has 0 radical (unpaired) electrons. The second-order valence-electron chi connectivity index (χ2n) is 5.29. The number of anilines is 1. The lowest BCUT2D eigenvalue weighted by Gasteiger charge is -2.10. The predicted octanol–water partition coefficient (Wildman–Crippen LogP) is 5.09. The minimum absolute atomic E-state index is 0.426. The van der Waals surface area contributed by atoms with E-state index in [-0.39, 0.29) is 0 Å². The van der Waals surface area contributed by atoms with E-state index in [0.29, 0.717) is 28.7 Å². The lowest BCUT2D eigenvalue weighted by molar-refractivity contribution is 0.574. The highest BCUT2D eigenvalue weighted by Gasteiger charge is 2.12. The van der Waals surface area contributed by atoms with Gasteiger partial charge in [0.15, 0.2) is 0 Å². The van der Waals surface area contributed by atoms with Gasteiger partial charge in [0.1, 0.15) is 12.3 Å². The molecule has 0 amide bonds. The van der Waals surface area contributed by atoms with E-state index in [9.17, 15) is 5.26 Å². The number of pyridine rings is 1. The first-order chi connectivity index (χ1) is 12.2. The van der Waals surface area contributed by atoms with Crippen LogP contribution in [-0.2, 0) is 6.54 Å². The molecule has 0 saturated heterocycles. The van der Waals surface area contributed by atoms with Gasteiger partial charge in [0.25, 0.3) is 0 Å². The highest BCUT2D eigenvalue weighted by Crippen LogP contribution is 2.29. The Kier molecular flexibility index (Phi) is 4.10. The van der Waals surface area contributed by atoms with E-state index >= 15 is 0 Å². The summed E-state index contributed by atoms with van der Waals surface area (Å²) in [7, 11) is 0. The van der Waals surface area contributed by atoms with Crippen molar-refractivity contribution in [3.05, 3.63) is 64.5 Å². The zero-order chi connectivity index (χ0) is 17.2. The standard InChI is InChI=1S/C18H11ClN4OS/c19-12-3-4-15-14(6-12)17(11(7-20)8-21-15)22-9-13-10-24-18(23-13)16-2-1-5-25-16/h1-6,8,10H,9H2,(H,21,22). The van der Waals surface area contributed by atoms with E-state index in [0.717, 1.165) is 21.5 Å². The first kappa shape index (κ1) is 15.6. The summed E-state index contributed by atoms with van der Waals surface area (Å²) in [6.45, 7) is 0.426. The Morgan fingerprint density at radius 1 is 1.32 bits per heavy atom. The fourth-order valence-corrected chi connectivity index (χ4v) is 3.35. The van der Waals surface area contributed by atoms with Crippen LogP contribution in [0.1, 0.15) is 11.3 Å². The molecular formula is C18H11ClN4OS. The molecule has 0 unspecified atom stereocenters. The molecule has 7 heteroatoms. The number of halogens is 1. The van der Waals surface area contributed by atoms with E-state index < -0.39 is 0 Å². The van der Waals surface area contributed by atoms with Gasteiger partial charge in [-0.2, -0.15) is 5.26 Å². The maximum absolute atomic E-state index is 9.38. The van der Waals surface area contributed by atoms with Gasteiger partial charge in [0.05, 0.1) is 33.9 Å². The van der Waals surface area contributed by atoms with Crippen molar-refractivity contribution in [2.24, 2.45) is 0 Å². The molecular weight excluding hydrogens is 356 g/mol. The van der Waals surface area contributed by atoms with Gasteiger partial charge in [0.2, 0.25) is 5.89 Å². The fraction of sp³-hybridized carbons (Fsp3) is 0.0556. The number of nitrogens with zero attached hydrogens (tertiary/aromatic N) is 3. The van der Waals surface area contributed by atoms with Crippen LogP contribution in [0.4, 0.5) is 5.69 Å². The van der Waals surface area contributed by atoms with Crippen LogP contribution in [0.3, 0.4) is 0 Å². The molecule has 4 aromatic rings. The molecule has 5 nitrogen and oxygen atoms in total. The van der Waals surface area contributed by atoms with Crippen LogP contribution in [0.25, 0.3) is 21.7 Å². The average molecular weight is 367 g/mol. The molecule has 0 saturated carbocycles. The molecule has 0 atom stereocenters. The number of rotatable bonds is 4. The summed E-state index contributed by atoms with van der Waals surface area (Å²) in [5, 5.41) is 16.0. The molecule has 4 rings (SSSR count). The molecule has 0 spiro atoms. The number of fused-ring (bicyclic) bond motifs is 1. The number of benzene rings is 1. The lowest BCUT2D eigenvalue weighted by atomic mass is 10.1. The van der Waals surface area contributed by atoms with Crippen molar-refractivity contribution in [3.63, 3.8) is 0 Å². The topological polar surface area (TPSA) is 74.7 Å². The third kappa shape index (κ3) is 3.07. The SMILES string of the molecule is N#Cc1cnc2ccc(Cl)cc2c1NCc1coc(-c2cccs2)n1. The van der Waals surface area contributed by atoms with Gasteiger partial charge < -0.3 is 9.73 Å². The van der Waals surface area contributed by atoms with Crippen LogP contribution >= 0.6 is 22.9 Å². The quantitative estimate of drug-likeness (QED) is 0.544. The van der Waals surface area contributed by atoms with Gasteiger partial charge >= 0.3 is 0 Å². The predicted molar refractivity (Wildman–Crippen MR) is 98.6 cm³/mol. The monoisotopic (exact) mass is 366 g/mol. The summed E-state index contributed by atoms with van der Waals surface area (Å²) in [4.78, 5) is 9.75. The summed E-state index contributed by atoms with van der Waals surface area (Å²) >= 11 is 7.67. The highest BCUT2D eigenvalue weighted by atomic mass is 35.5. The highest BCUT2D eigenvalue weighted by molar-refractivity contribution is 7.13. The summed E-state index contributed by atoms with van der Waals surface area (Å²) in [6, 6.07) is 11.5.